The first-order valence-corrected chi connectivity index (χ1v) is 2.12. The minimum atomic E-state index is -0.662. The van der Waals surface area contributed by atoms with E-state index in [4.69, 9.17) is 0 Å². The van der Waals surface area contributed by atoms with Gasteiger partial charge >= 0.3 is 0 Å². The molecule has 0 saturated heterocycles. The summed E-state index contributed by atoms with van der Waals surface area (Å²) in [6.07, 6.45) is 0. The average molecular weight is 161 g/mol. The van der Waals surface area contributed by atoms with Crippen LogP contribution in [0.15, 0.2) is 18.2 Å². The summed E-state index contributed by atoms with van der Waals surface area (Å²) in [5.41, 5.74) is 0. The van der Waals surface area contributed by atoms with Crippen LogP contribution in [0.1, 0.15) is 0 Å². The van der Waals surface area contributed by atoms with Gasteiger partial charge in [-0.1, -0.05) is 0 Å². The topological polar surface area (TPSA) is 0 Å². The van der Waals surface area contributed by atoms with E-state index in [1.54, 1.807) is 0 Å². The van der Waals surface area contributed by atoms with E-state index in [0.29, 0.717) is 0 Å². The van der Waals surface area contributed by atoms with Gasteiger partial charge in [0, 0.05) is 33.4 Å². The Morgan fingerprint density at radius 1 is 1.11 bits per heavy atom. The molecule has 0 fully saturated rings. The third kappa shape index (κ3) is 2.73. The van der Waals surface area contributed by atoms with E-state index < -0.39 is 11.6 Å². The van der Waals surface area contributed by atoms with Gasteiger partial charge in [0.25, 0.3) is 0 Å². The Hall–Kier alpha value is -0.206. The molecule has 0 aromatic heterocycles. The molecule has 0 N–H and O–H groups in total. The standard InChI is InChI=1S/C6H3F2.Ti/c7-5-2-1-3-6(8)4-5;/h1-3H;/q-1;. The molecule has 1 aromatic rings. The van der Waals surface area contributed by atoms with Crippen LogP contribution < -0.4 is 0 Å². The number of hydrogen-bond acceptors (Lipinski definition) is 0. The minimum absolute atomic E-state index is 0. The van der Waals surface area contributed by atoms with Crippen LogP contribution in [-0.2, 0) is 21.7 Å². The van der Waals surface area contributed by atoms with E-state index in [1.807, 2.05) is 6.07 Å². The first-order valence-electron chi connectivity index (χ1n) is 2.12. The average Bonchev–Trinajstić information content (AvgIpc) is 1.64. The molecule has 0 aliphatic carbocycles. The zero-order chi connectivity index (χ0) is 5.98. The number of halogens is 2. The monoisotopic (exact) mass is 161 g/mol. The van der Waals surface area contributed by atoms with Crippen molar-refractivity contribution in [1.29, 1.82) is 0 Å². The van der Waals surface area contributed by atoms with Gasteiger partial charge in [-0.3, -0.25) is 0 Å². The molecular weight excluding hydrogens is 158 g/mol. The Morgan fingerprint density at radius 2 is 1.56 bits per heavy atom. The maximum atomic E-state index is 11.9. The summed E-state index contributed by atoms with van der Waals surface area (Å²) >= 11 is 0. The van der Waals surface area contributed by atoms with Gasteiger partial charge in [-0.05, 0) is 0 Å². The predicted octanol–water partition coefficient (Wildman–Crippen LogP) is 1.76. The molecule has 0 nitrogen and oxygen atoms in total. The Bertz CT molecular complexity index is 171. The van der Waals surface area contributed by atoms with Crippen LogP contribution in [0.4, 0.5) is 8.78 Å². The third-order valence-electron chi connectivity index (χ3n) is 0.724. The van der Waals surface area contributed by atoms with Gasteiger partial charge in [-0.2, -0.15) is 6.07 Å². The van der Waals surface area contributed by atoms with E-state index in [9.17, 15) is 8.78 Å². The first kappa shape index (κ1) is 8.79. The van der Waals surface area contributed by atoms with Crippen molar-refractivity contribution in [2.45, 2.75) is 0 Å². The molecule has 0 amide bonds. The summed E-state index contributed by atoms with van der Waals surface area (Å²) in [6.45, 7) is 0. The van der Waals surface area contributed by atoms with Crippen molar-refractivity contribution >= 4 is 0 Å². The van der Waals surface area contributed by atoms with Crippen molar-refractivity contribution < 1.29 is 30.5 Å². The van der Waals surface area contributed by atoms with Crippen molar-refractivity contribution in [1.82, 2.24) is 0 Å². The van der Waals surface area contributed by atoms with Gasteiger partial charge in [0.1, 0.15) is 0 Å². The van der Waals surface area contributed by atoms with Crippen molar-refractivity contribution in [3.63, 3.8) is 0 Å². The fourth-order valence-electron chi connectivity index (χ4n) is 0.414. The van der Waals surface area contributed by atoms with Crippen LogP contribution in [0.5, 0.6) is 0 Å². The third-order valence-corrected chi connectivity index (χ3v) is 0.724. The predicted molar refractivity (Wildman–Crippen MR) is 25.2 cm³/mol. The van der Waals surface area contributed by atoms with Gasteiger partial charge in [-0.15, -0.1) is 18.2 Å². The molecule has 0 unspecified atom stereocenters. The second-order valence-corrected chi connectivity index (χ2v) is 1.35. The summed E-state index contributed by atoms with van der Waals surface area (Å²) in [4.78, 5) is 0. The normalized spacial score (nSPS) is 8.22. The summed E-state index contributed by atoms with van der Waals surface area (Å²) in [5, 5.41) is 0. The van der Waals surface area contributed by atoms with Crippen molar-refractivity contribution in [3.8, 4) is 0 Å². The van der Waals surface area contributed by atoms with E-state index in [1.165, 1.54) is 6.07 Å². The molecule has 0 saturated carbocycles. The molecule has 0 bridgehead atoms. The van der Waals surface area contributed by atoms with Crippen molar-refractivity contribution in [2.75, 3.05) is 0 Å². The van der Waals surface area contributed by atoms with E-state index >= 15 is 0 Å². The van der Waals surface area contributed by atoms with Gasteiger partial charge in [-0.25, -0.2) is 8.78 Å². The van der Waals surface area contributed by atoms with Gasteiger partial charge in [0.15, 0.2) is 0 Å². The molecule has 0 aliphatic rings. The number of benzene rings is 1. The molecule has 1 aromatic carbocycles. The van der Waals surface area contributed by atoms with Crippen molar-refractivity contribution in [2.24, 2.45) is 0 Å². The summed E-state index contributed by atoms with van der Waals surface area (Å²) in [6, 6.07) is 5.41. The quantitative estimate of drug-likeness (QED) is 0.401. The van der Waals surface area contributed by atoms with Crippen LogP contribution in [0.25, 0.3) is 0 Å². The van der Waals surface area contributed by atoms with Crippen LogP contribution in [0.3, 0.4) is 0 Å². The first-order chi connectivity index (χ1) is 3.79. The fraction of sp³-hybridized carbons (Fsp3) is 0. The molecule has 0 heterocycles. The second-order valence-electron chi connectivity index (χ2n) is 1.35. The maximum Gasteiger partial charge on any atom is 0.0136 e. The zero-order valence-electron chi connectivity index (χ0n) is 4.49. The molecule has 0 spiro atoms. The summed E-state index contributed by atoms with van der Waals surface area (Å²) < 4.78 is 23.7. The van der Waals surface area contributed by atoms with Gasteiger partial charge in [0.05, 0.1) is 0 Å². The molecule has 9 heavy (non-hydrogen) atoms. The maximum absolute atomic E-state index is 11.9. The van der Waals surface area contributed by atoms with Crippen LogP contribution in [0.2, 0.25) is 0 Å². The Morgan fingerprint density at radius 3 is 1.78 bits per heavy atom. The summed E-state index contributed by atoms with van der Waals surface area (Å²) in [7, 11) is 0. The summed E-state index contributed by atoms with van der Waals surface area (Å²) in [5.74, 6) is -1.32. The minimum Gasteiger partial charge on any atom is -0.236 e. The van der Waals surface area contributed by atoms with Gasteiger partial charge < -0.3 is 0 Å². The molecular formula is C6H3F2Ti-. The molecule has 0 aliphatic heterocycles. The molecule has 0 radical (unpaired) electrons. The van der Waals surface area contributed by atoms with E-state index in [2.05, 4.69) is 0 Å². The van der Waals surface area contributed by atoms with Crippen LogP contribution >= 0.6 is 0 Å². The smallest absolute Gasteiger partial charge is 0.0136 e. The molecule has 0 atom stereocenters. The SMILES string of the molecule is Fc1[c-]c(F)ccc1.[Ti]. The number of rotatable bonds is 0. The fourth-order valence-corrected chi connectivity index (χ4v) is 0.414. The molecule has 46 valence electrons. The van der Waals surface area contributed by atoms with Crippen LogP contribution in [0, 0.1) is 17.7 Å². The molecule has 3 heteroatoms. The van der Waals surface area contributed by atoms with E-state index in [0.717, 1.165) is 12.1 Å². The Labute approximate surface area is 66.8 Å². The van der Waals surface area contributed by atoms with Crippen LogP contribution in [-0.4, -0.2) is 0 Å². The second kappa shape index (κ2) is 3.75. The van der Waals surface area contributed by atoms with Crippen molar-refractivity contribution in [3.05, 3.63) is 35.9 Å². The Balaban J connectivity index is 0.000000640. The molecule has 1 rings (SSSR count). The number of hydrogen-bond donors (Lipinski definition) is 0. The van der Waals surface area contributed by atoms with Gasteiger partial charge in [0.2, 0.25) is 0 Å². The largest absolute Gasteiger partial charge is 0.236 e. The van der Waals surface area contributed by atoms with E-state index in [-0.39, 0.29) is 21.7 Å². The zero-order valence-corrected chi connectivity index (χ0v) is 6.05. The Kier molecular flexibility index (Phi) is 3.67.